The fourth-order valence-corrected chi connectivity index (χ4v) is 4.90. The van der Waals surface area contributed by atoms with Gasteiger partial charge in [0.2, 0.25) is 0 Å². The Kier molecular flexibility index (Phi) is 5.49. The number of pyridine rings is 1. The summed E-state index contributed by atoms with van der Waals surface area (Å²) in [6, 6.07) is 11.4. The van der Waals surface area contributed by atoms with Crippen molar-refractivity contribution in [1.82, 2.24) is 24.7 Å². The van der Waals surface area contributed by atoms with E-state index in [9.17, 15) is 4.79 Å². The van der Waals surface area contributed by atoms with Crippen LogP contribution in [-0.4, -0.2) is 56.1 Å². The van der Waals surface area contributed by atoms with Crippen molar-refractivity contribution in [3.8, 4) is 11.4 Å². The topological polar surface area (TPSA) is 110 Å². The molecule has 0 saturated carbocycles. The van der Waals surface area contributed by atoms with Gasteiger partial charge in [0.15, 0.2) is 11.5 Å². The molecule has 1 aromatic carbocycles. The normalized spacial score (nSPS) is 19.2. The van der Waals surface area contributed by atoms with E-state index in [1.807, 2.05) is 35.1 Å². The fraction of sp³-hybridized carbons (Fsp3) is 0.320. The van der Waals surface area contributed by atoms with Crippen molar-refractivity contribution in [3.63, 3.8) is 0 Å². The Labute approximate surface area is 202 Å². The third-order valence-electron chi connectivity index (χ3n) is 6.58. The highest BCUT2D eigenvalue weighted by molar-refractivity contribution is 5.99. The average Bonchev–Trinajstić information content (AvgIpc) is 3.41. The van der Waals surface area contributed by atoms with Gasteiger partial charge in [0.1, 0.15) is 5.82 Å². The summed E-state index contributed by atoms with van der Waals surface area (Å²) in [4.78, 5) is 28.6. The van der Waals surface area contributed by atoms with Gasteiger partial charge in [0, 0.05) is 24.0 Å². The number of aryl methyl sites for hydroxylation is 1. The van der Waals surface area contributed by atoms with E-state index in [0.717, 1.165) is 55.0 Å². The molecule has 2 bridgehead atoms. The number of hydrogen-bond donors (Lipinski definition) is 2. The largest absolute Gasteiger partial charge is 0.377 e. The number of fused-ring (bicyclic) bond motifs is 3. The Morgan fingerprint density at radius 1 is 1.03 bits per heavy atom. The first kappa shape index (κ1) is 21.5. The number of urea groups is 1. The number of morpholine rings is 1. The molecular formula is C25H26N8O2. The Balaban J connectivity index is 1.30. The van der Waals surface area contributed by atoms with Gasteiger partial charge >= 0.3 is 6.03 Å². The molecule has 2 N–H and O–H groups in total. The minimum atomic E-state index is -0.333. The Morgan fingerprint density at radius 3 is 2.51 bits per heavy atom. The molecule has 4 aromatic rings. The van der Waals surface area contributed by atoms with Gasteiger partial charge < -0.3 is 20.3 Å². The Bertz CT molecular complexity index is 1340. The predicted octanol–water partition coefficient (Wildman–Crippen LogP) is 3.92. The van der Waals surface area contributed by atoms with Crippen molar-refractivity contribution < 1.29 is 9.53 Å². The molecule has 0 spiro atoms. The van der Waals surface area contributed by atoms with Crippen molar-refractivity contribution in [3.05, 3.63) is 55.0 Å². The number of anilines is 3. The van der Waals surface area contributed by atoms with Gasteiger partial charge in [-0.05, 0) is 56.2 Å². The van der Waals surface area contributed by atoms with E-state index in [0.29, 0.717) is 29.3 Å². The van der Waals surface area contributed by atoms with Gasteiger partial charge in [-0.1, -0.05) is 0 Å². The van der Waals surface area contributed by atoms with Crippen LogP contribution in [0.1, 0.15) is 19.8 Å². The maximum Gasteiger partial charge on any atom is 0.323 e. The summed E-state index contributed by atoms with van der Waals surface area (Å²) in [5.41, 5.74) is 2.99. The maximum atomic E-state index is 12.3. The molecule has 2 unspecified atom stereocenters. The van der Waals surface area contributed by atoms with Crippen molar-refractivity contribution in [2.45, 2.75) is 38.4 Å². The molecule has 10 heteroatoms. The van der Waals surface area contributed by atoms with E-state index in [4.69, 9.17) is 14.7 Å². The number of nitrogens with one attached hydrogen (secondary N) is 2. The lowest BCUT2D eigenvalue weighted by Crippen LogP contribution is -2.46. The first-order valence-electron chi connectivity index (χ1n) is 11.9. The number of rotatable bonds is 5. The van der Waals surface area contributed by atoms with E-state index in [2.05, 4.69) is 32.5 Å². The minimum Gasteiger partial charge on any atom is -0.377 e. The molecule has 6 rings (SSSR count). The van der Waals surface area contributed by atoms with Crippen molar-refractivity contribution in [1.29, 1.82) is 0 Å². The molecule has 2 amide bonds. The summed E-state index contributed by atoms with van der Waals surface area (Å²) < 4.78 is 7.70. The van der Waals surface area contributed by atoms with E-state index in [-0.39, 0.29) is 6.03 Å². The van der Waals surface area contributed by atoms with Crippen LogP contribution in [0.4, 0.5) is 22.0 Å². The highest BCUT2D eigenvalue weighted by atomic mass is 16.5. The van der Waals surface area contributed by atoms with E-state index >= 15 is 0 Å². The molecule has 5 heterocycles. The number of carbonyl (C=O) groups excluding carboxylic acids is 1. The zero-order chi connectivity index (χ0) is 23.8. The molecule has 3 aromatic heterocycles. The quantitative estimate of drug-likeness (QED) is 0.455. The first-order valence-corrected chi connectivity index (χ1v) is 11.9. The molecule has 2 fully saturated rings. The minimum absolute atomic E-state index is 0.328. The second-order valence-corrected chi connectivity index (χ2v) is 8.80. The molecule has 0 radical (unpaired) electrons. The second kappa shape index (κ2) is 8.95. The average molecular weight is 471 g/mol. The summed E-state index contributed by atoms with van der Waals surface area (Å²) in [5.74, 6) is 1.57. The molecule has 0 aliphatic carbocycles. The summed E-state index contributed by atoms with van der Waals surface area (Å²) in [6.07, 6.45) is 7.34. The molecule has 2 aliphatic heterocycles. The van der Waals surface area contributed by atoms with E-state index in [1.54, 1.807) is 24.5 Å². The molecule has 2 atom stereocenters. The number of nitrogens with zero attached hydrogens (tertiary/aromatic N) is 6. The molecule has 10 nitrogen and oxygen atoms in total. The zero-order valence-corrected chi connectivity index (χ0v) is 19.4. The van der Waals surface area contributed by atoms with Gasteiger partial charge in [0.05, 0.1) is 48.8 Å². The van der Waals surface area contributed by atoms with Gasteiger partial charge in [-0.25, -0.2) is 19.4 Å². The van der Waals surface area contributed by atoms with E-state index in [1.165, 1.54) is 0 Å². The third-order valence-corrected chi connectivity index (χ3v) is 6.58. The highest BCUT2D eigenvalue weighted by Crippen LogP contribution is 2.37. The summed E-state index contributed by atoms with van der Waals surface area (Å²) in [5, 5.41) is 11.1. The van der Waals surface area contributed by atoms with Gasteiger partial charge in [-0.2, -0.15) is 5.10 Å². The van der Waals surface area contributed by atoms with Crippen LogP contribution in [0.3, 0.4) is 0 Å². The summed E-state index contributed by atoms with van der Waals surface area (Å²) in [7, 11) is 0. The highest BCUT2D eigenvalue weighted by Gasteiger charge is 2.39. The van der Waals surface area contributed by atoms with E-state index < -0.39 is 0 Å². The first-order chi connectivity index (χ1) is 17.2. The van der Waals surface area contributed by atoms with Crippen LogP contribution >= 0.6 is 0 Å². The lowest BCUT2D eigenvalue weighted by atomic mass is 10.1. The number of ether oxygens (including phenoxy) is 1. The molecule has 2 aliphatic rings. The number of aromatic nitrogens is 5. The molecule has 35 heavy (non-hydrogen) atoms. The molecule has 178 valence electrons. The van der Waals surface area contributed by atoms with Crippen molar-refractivity contribution in [2.75, 3.05) is 28.7 Å². The Hall–Kier alpha value is -4.05. The predicted molar refractivity (Wildman–Crippen MR) is 133 cm³/mol. The number of carbonyl (C=O) groups is 1. The number of hydrogen-bond acceptors (Lipinski definition) is 7. The van der Waals surface area contributed by atoms with Crippen LogP contribution in [0, 0.1) is 0 Å². The van der Waals surface area contributed by atoms with Crippen molar-refractivity contribution in [2.24, 2.45) is 0 Å². The summed E-state index contributed by atoms with van der Waals surface area (Å²) >= 11 is 0. The second-order valence-electron chi connectivity index (χ2n) is 8.80. The number of benzene rings is 1. The van der Waals surface area contributed by atoms with Crippen LogP contribution < -0.4 is 15.5 Å². The van der Waals surface area contributed by atoms with Crippen LogP contribution in [0.5, 0.6) is 0 Å². The van der Waals surface area contributed by atoms with Crippen LogP contribution in [-0.2, 0) is 11.3 Å². The lowest BCUT2D eigenvalue weighted by Gasteiger charge is -2.36. The van der Waals surface area contributed by atoms with Crippen LogP contribution in [0.25, 0.3) is 22.4 Å². The monoisotopic (exact) mass is 470 g/mol. The van der Waals surface area contributed by atoms with Crippen LogP contribution in [0.2, 0.25) is 0 Å². The fourth-order valence-electron chi connectivity index (χ4n) is 4.90. The van der Waals surface area contributed by atoms with Crippen molar-refractivity contribution >= 4 is 34.3 Å². The lowest BCUT2D eigenvalue weighted by molar-refractivity contribution is 0.0904. The van der Waals surface area contributed by atoms with Gasteiger partial charge in [-0.3, -0.25) is 4.98 Å². The number of amides is 2. The zero-order valence-electron chi connectivity index (χ0n) is 19.4. The van der Waals surface area contributed by atoms with Gasteiger partial charge in [-0.15, -0.1) is 0 Å². The maximum absolute atomic E-state index is 12.3. The standard InChI is InChI=1S/C25H26N8O2/c1-2-32-23-21(13-27-32)24(33-19-9-10-20(33)15-35-14-19)31-22(30-23)16-5-7-17(8-6-16)28-25(34)29-18-4-3-11-26-12-18/h3-8,11-13,19-20H,2,9-10,14-15H2,1H3,(H2,28,29,34). The Morgan fingerprint density at radius 2 is 1.80 bits per heavy atom. The SMILES string of the molecule is CCn1ncc2c(N3C4CCC3COC4)nc(-c3ccc(NC(=O)Nc4cccnc4)cc3)nc21. The van der Waals surface area contributed by atoms with Gasteiger partial charge in [0.25, 0.3) is 0 Å². The smallest absolute Gasteiger partial charge is 0.323 e. The molecule has 2 saturated heterocycles. The summed E-state index contributed by atoms with van der Waals surface area (Å²) in [6.45, 7) is 4.23. The molecular weight excluding hydrogens is 444 g/mol. The third kappa shape index (κ3) is 4.06. The van der Waals surface area contributed by atoms with Crippen LogP contribution in [0.15, 0.2) is 55.0 Å².